The molecule has 1 aliphatic carbocycles. The SMILES string of the molecule is CC1(C)C(O)(c2ccccc2)CCCC1(O)c1ccccc1. The van der Waals surface area contributed by atoms with Gasteiger partial charge in [-0.3, -0.25) is 0 Å². The van der Waals surface area contributed by atoms with Gasteiger partial charge in [0.25, 0.3) is 0 Å². The molecule has 0 bridgehead atoms. The Balaban J connectivity index is 2.13. The molecule has 0 radical (unpaired) electrons. The van der Waals surface area contributed by atoms with Crippen LogP contribution >= 0.6 is 0 Å². The average molecular weight is 296 g/mol. The molecule has 0 spiro atoms. The van der Waals surface area contributed by atoms with Crippen molar-refractivity contribution in [3.8, 4) is 0 Å². The normalized spacial score (nSPS) is 30.9. The highest BCUT2D eigenvalue weighted by atomic mass is 16.3. The largest absolute Gasteiger partial charge is 0.384 e. The summed E-state index contributed by atoms with van der Waals surface area (Å²) in [4.78, 5) is 0. The van der Waals surface area contributed by atoms with Crippen LogP contribution < -0.4 is 0 Å². The number of benzene rings is 2. The van der Waals surface area contributed by atoms with Gasteiger partial charge in [0.1, 0.15) is 0 Å². The molecule has 116 valence electrons. The van der Waals surface area contributed by atoms with Gasteiger partial charge in [-0.2, -0.15) is 0 Å². The summed E-state index contributed by atoms with van der Waals surface area (Å²) >= 11 is 0. The van der Waals surface area contributed by atoms with E-state index in [4.69, 9.17) is 0 Å². The van der Waals surface area contributed by atoms with E-state index < -0.39 is 16.6 Å². The molecule has 2 unspecified atom stereocenters. The van der Waals surface area contributed by atoms with Crippen molar-refractivity contribution in [2.45, 2.75) is 44.3 Å². The predicted octanol–water partition coefficient (Wildman–Crippen LogP) is 3.97. The zero-order valence-corrected chi connectivity index (χ0v) is 13.3. The van der Waals surface area contributed by atoms with E-state index in [0.29, 0.717) is 12.8 Å². The first-order chi connectivity index (χ1) is 10.4. The molecule has 1 saturated carbocycles. The molecule has 2 nitrogen and oxygen atoms in total. The molecule has 0 aromatic heterocycles. The van der Waals surface area contributed by atoms with Crippen molar-refractivity contribution in [3.63, 3.8) is 0 Å². The molecule has 1 fully saturated rings. The van der Waals surface area contributed by atoms with Crippen LogP contribution in [0.5, 0.6) is 0 Å². The maximum Gasteiger partial charge on any atom is 0.0978 e. The fraction of sp³-hybridized carbons (Fsp3) is 0.400. The third kappa shape index (κ3) is 2.02. The van der Waals surface area contributed by atoms with Crippen molar-refractivity contribution < 1.29 is 10.2 Å². The first kappa shape index (κ1) is 15.3. The highest BCUT2D eigenvalue weighted by molar-refractivity contribution is 5.33. The second-order valence-corrected chi connectivity index (χ2v) is 6.93. The Morgan fingerprint density at radius 1 is 0.682 bits per heavy atom. The van der Waals surface area contributed by atoms with Crippen LogP contribution in [0.4, 0.5) is 0 Å². The van der Waals surface area contributed by atoms with Crippen LogP contribution in [0.25, 0.3) is 0 Å². The zero-order valence-electron chi connectivity index (χ0n) is 13.3. The second-order valence-electron chi connectivity index (χ2n) is 6.93. The van der Waals surface area contributed by atoms with Gasteiger partial charge in [-0.25, -0.2) is 0 Å². The quantitative estimate of drug-likeness (QED) is 0.880. The molecule has 2 atom stereocenters. The lowest BCUT2D eigenvalue weighted by atomic mass is 9.53. The lowest BCUT2D eigenvalue weighted by molar-refractivity contribution is -0.221. The van der Waals surface area contributed by atoms with Crippen molar-refractivity contribution in [1.29, 1.82) is 0 Å². The first-order valence-electron chi connectivity index (χ1n) is 7.98. The molecular formula is C20H24O2. The maximum absolute atomic E-state index is 11.5. The van der Waals surface area contributed by atoms with E-state index in [0.717, 1.165) is 17.5 Å². The topological polar surface area (TPSA) is 40.5 Å². The Bertz CT molecular complexity index is 580. The smallest absolute Gasteiger partial charge is 0.0978 e. The van der Waals surface area contributed by atoms with Crippen LogP contribution in [0.1, 0.15) is 44.2 Å². The summed E-state index contributed by atoms with van der Waals surface area (Å²) < 4.78 is 0. The third-order valence-electron chi connectivity index (χ3n) is 5.65. The van der Waals surface area contributed by atoms with Gasteiger partial charge < -0.3 is 10.2 Å². The Kier molecular flexibility index (Phi) is 3.62. The van der Waals surface area contributed by atoms with E-state index in [9.17, 15) is 10.2 Å². The summed E-state index contributed by atoms with van der Waals surface area (Å²) in [5.41, 5.74) is -1.02. The van der Waals surface area contributed by atoms with Crippen LogP contribution in [0, 0.1) is 5.41 Å². The van der Waals surface area contributed by atoms with Gasteiger partial charge in [0.2, 0.25) is 0 Å². The van der Waals surface area contributed by atoms with Gasteiger partial charge in [0, 0.05) is 5.41 Å². The summed E-state index contributed by atoms with van der Waals surface area (Å²) in [6, 6.07) is 19.5. The predicted molar refractivity (Wildman–Crippen MR) is 88.3 cm³/mol. The molecule has 22 heavy (non-hydrogen) atoms. The van der Waals surface area contributed by atoms with Crippen LogP contribution in [0.2, 0.25) is 0 Å². The highest BCUT2D eigenvalue weighted by Crippen LogP contribution is 2.59. The summed E-state index contributed by atoms with van der Waals surface area (Å²) in [7, 11) is 0. The Hall–Kier alpha value is -1.64. The standard InChI is InChI=1S/C20H24O2/c1-18(2)19(21,16-10-5-3-6-11-16)14-9-15-20(18,22)17-12-7-4-8-13-17/h3-8,10-13,21-22H,9,14-15H2,1-2H3. The molecule has 2 N–H and O–H groups in total. The van der Waals surface area contributed by atoms with Gasteiger partial charge in [0.05, 0.1) is 11.2 Å². The Morgan fingerprint density at radius 3 is 1.41 bits per heavy atom. The van der Waals surface area contributed by atoms with E-state index in [1.54, 1.807) is 0 Å². The Labute approximate surface area is 132 Å². The molecule has 2 aromatic carbocycles. The average Bonchev–Trinajstić information content (AvgIpc) is 2.54. The maximum atomic E-state index is 11.5. The summed E-state index contributed by atoms with van der Waals surface area (Å²) in [6.45, 7) is 3.96. The van der Waals surface area contributed by atoms with E-state index >= 15 is 0 Å². The lowest BCUT2D eigenvalue weighted by Crippen LogP contribution is -2.58. The minimum atomic E-state index is -1.04. The van der Waals surface area contributed by atoms with E-state index in [2.05, 4.69) is 0 Å². The molecular weight excluding hydrogens is 272 g/mol. The monoisotopic (exact) mass is 296 g/mol. The summed E-state index contributed by atoms with van der Waals surface area (Å²) in [5.74, 6) is 0. The highest BCUT2D eigenvalue weighted by Gasteiger charge is 2.59. The van der Waals surface area contributed by atoms with E-state index in [1.807, 2.05) is 74.5 Å². The molecule has 0 saturated heterocycles. The van der Waals surface area contributed by atoms with Crippen LogP contribution in [0.15, 0.2) is 60.7 Å². The number of hydrogen-bond donors (Lipinski definition) is 2. The van der Waals surface area contributed by atoms with Gasteiger partial charge in [-0.1, -0.05) is 74.5 Å². The second kappa shape index (κ2) is 5.22. The molecule has 2 heteroatoms. The van der Waals surface area contributed by atoms with Gasteiger partial charge in [-0.15, -0.1) is 0 Å². The molecule has 2 aromatic rings. The number of hydrogen-bond acceptors (Lipinski definition) is 2. The zero-order chi connectivity index (χ0) is 15.8. The van der Waals surface area contributed by atoms with Crippen LogP contribution in [-0.4, -0.2) is 10.2 Å². The summed E-state index contributed by atoms with van der Waals surface area (Å²) in [6.07, 6.45) is 2.12. The van der Waals surface area contributed by atoms with Crippen molar-refractivity contribution in [1.82, 2.24) is 0 Å². The Morgan fingerprint density at radius 2 is 1.05 bits per heavy atom. The van der Waals surface area contributed by atoms with E-state index in [1.165, 1.54) is 0 Å². The van der Waals surface area contributed by atoms with Crippen molar-refractivity contribution in [2.24, 2.45) is 5.41 Å². The molecule has 3 rings (SSSR count). The molecule has 0 heterocycles. The van der Waals surface area contributed by atoms with Crippen molar-refractivity contribution in [3.05, 3.63) is 71.8 Å². The molecule has 0 amide bonds. The van der Waals surface area contributed by atoms with Crippen LogP contribution in [0.3, 0.4) is 0 Å². The lowest BCUT2D eigenvalue weighted by Gasteiger charge is -2.56. The molecule has 0 aliphatic heterocycles. The van der Waals surface area contributed by atoms with E-state index in [-0.39, 0.29) is 0 Å². The molecule has 1 aliphatic rings. The van der Waals surface area contributed by atoms with Gasteiger partial charge in [0.15, 0.2) is 0 Å². The number of rotatable bonds is 2. The minimum Gasteiger partial charge on any atom is -0.384 e. The van der Waals surface area contributed by atoms with Gasteiger partial charge >= 0.3 is 0 Å². The van der Waals surface area contributed by atoms with Crippen molar-refractivity contribution in [2.75, 3.05) is 0 Å². The van der Waals surface area contributed by atoms with Crippen molar-refractivity contribution >= 4 is 0 Å². The van der Waals surface area contributed by atoms with Crippen LogP contribution in [-0.2, 0) is 11.2 Å². The minimum absolute atomic E-state index is 0.666. The third-order valence-corrected chi connectivity index (χ3v) is 5.65. The number of aliphatic hydroxyl groups is 2. The summed E-state index contributed by atoms with van der Waals surface area (Å²) in [5, 5.41) is 23.0. The fourth-order valence-electron chi connectivity index (χ4n) is 4.01. The first-order valence-corrected chi connectivity index (χ1v) is 7.98. The fourth-order valence-corrected chi connectivity index (χ4v) is 4.01. The van der Waals surface area contributed by atoms with Gasteiger partial charge in [-0.05, 0) is 30.4 Å².